The third-order valence-corrected chi connectivity index (χ3v) is 7.04. The van der Waals surface area contributed by atoms with E-state index < -0.39 is 11.9 Å². The number of aromatic nitrogens is 2. The van der Waals surface area contributed by atoms with Gasteiger partial charge in [0.15, 0.2) is 0 Å². The standard InChI is InChI=1S/C27H26ClF3N4O/c28-17-6-11-23-21(13-17)24(14-25(35-23)27(29,30)31)33-18-7-9-19(10-8-18)34-26(36)12-5-16-15-32-22-4-2-1-3-20(16)22/h1-4,6,11,13-15,18-19,32H,5,7-10,12H2,(H,33,35)(H,34,36). The summed E-state index contributed by atoms with van der Waals surface area (Å²) in [6.45, 7) is 0. The van der Waals surface area contributed by atoms with Gasteiger partial charge in [0.05, 0.1) is 5.52 Å². The zero-order valence-corrected chi connectivity index (χ0v) is 20.2. The molecule has 1 amide bonds. The number of hydrogen-bond donors (Lipinski definition) is 3. The maximum Gasteiger partial charge on any atom is 0.433 e. The van der Waals surface area contributed by atoms with E-state index in [4.69, 9.17) is 11.6 Å². The molecule has 4 aromatic rings. The number of pyridine rings is 1. The molecule has 1 aliphatic carbocycles. The molecular formula is C27H26ClF3N4O. The molecule has 2 aromatic heterocycles. The number of anilines is 1. The Kier molecular flexibility index (Phi) is 6.79. The number of amides is 1. The van der Waals surface area contributed by atoms with E-state index >= 15 is 0 Å². The van der Waals surface area contributed by atoms with E-state index in [2.05, 4.69) is 20.6 Å². The fraction of sp³-hybridized carbons (Fsp3) is 0.333. The molecule has 0 atom stereocenters. The maximum absolute atomic E-state index is 13.4. The number of rotatable bonds is 6. The highest BCUT2D eigenvalue weighted by molar-refractivity contribution is 6.31. The molecule has 3 N–H and O–H groups in total. The number of para-hydroxylation sites is 1. The average Bonchev–Trinajstić information content (AvgIpc) is 3.27. The highest BCUT2D eigenvalue weighted by Gasteiger charge is 2.34. The monoisotopic (exact) mass is 514 g/mol. The number of hydrogen-bond acceptors (Lipinski definition) is 3. The lowest BCUT2D eigenvalue weighted by Crippen LogP contribution is -2.40. The third kappa shape index (κ3) is 5.43. The predicted molar refractivity (Wildman–Crippen MR) is 136 cm³/mol. The van der Waals surface area contributed by atoms with Gasteiger partial charge in [-0.1, -0.05) is 29.8 Å². The van der Waals surface area contributed by atoms with Crippen LogP contribution < -0.4 is 10.6 Å². The maximum atomic E-state index is 13.4. The first kappa shape index (κ1) is 24.4. The number of H-pyrrole nitrogens is 1. The van der Waals surface area contributed by atoms with Gasteiger partial charge in [0, 0.05) is 51.7 Å². The van der Waals surface area contributed by atoms with Gasteiger partial charge in [-0.3, -0.25) is 4.79 Å². The molecule has 0 aliphatic heterocycles. The molecule has 0 bridgehead atoms. The van der Waals surface area contributed by atoms with Crippen LogP contribution in [0, 0.1) is 0 Å². The van der Waals surface area contributed by atoms with Crippen LogP contribution in [0.5, 0.6) is 0 Å². The van der Waals surface area contributed by atoms with Gasteiger partial charge in [-0.2, -0.15) is 13.2 Å². The van der Waals surface area contributed by atoms with Crippen LogP contribution >= 0.6 is 11.6 Å². The molecule has 2 aromatic carbocycles. The Morgan fingerprint density at radius 1 is 1.03 bits per heavy atom. The smallest absolute Gasteiger partial charge is 0.382 e. The Morgan fingerprint density at radius 2 is 1.78 bits per heavy atom. The van der Waals surface area contributed by atoms with E-state index in [1.807, 2.05) is 30.5 Å². The number of carbonyl (C=O) groups is 1. The molecule has 1 saturated carbocycles. The molecule has 5 nitrogen and oxygen atoms in total. The predicted octanol–water partition coefficient (Wildman–Crippen LogP) is 6.86. The SMILES string of the molecule is O=C(CCc1c[nH]c2ccccc12)NC1CCC(Nc2cc(C(F)(F)F)nc3ccc(Cl)cc23)CC1. The number of nitrogens with one attached hydrogen (secondary N) is 3. The van der Waals surface area contributed by atoms with E-state index in [9.17, 15) is 18.0 Å². The Labute approximate surface area is 211 Å². The van der Waals surface area contributed by atoms with Crippen molar-refractivity contribution in [3.8, 4) is 0 Å². The van der Waals surface area contributed by atoms with Crippen LogP contribution in [0.4, 0.5) is 18.9 Å². The van der Waals surface area contributed by atoms with E-state index in [1.54, 1.807) is 6.07 Å². The Morgan fingerprint density at radius 3 is 2.56 bits per heavy atom. The van der Waals surface area contributed by atoms with Crippen molar-refractivity contribution in [3.05, 3.63) is 71.0 Å². The van der Waals surface area contributed by atoms with Gasteiger partial charge in [0.1, 0.15) is 5.69 Å². The zero-order chi connectivity index (χ0) is 25.3. The molecule has 0 saturated heterocycles. The molecule has 9 heteroatoms. The first-order valence-electron chi connectivity index (χ1n) is 12.0. The second kappa shape index (κ2) is 10.0. The lowest BCUT2D eigenvalue weighted by atomic mass is 9.90. The summed E-state index contributed by atoms with van der Waals surface area (Å²) < 4.78 is 40.2. The summed E-state index contributed by atoms with van der Waals surface area (Å²) in [4.78, 5) is 19.6. The van der Waals surface area contributed by atoms with Gasteiger partial charge >= 0.3 is 6.18 Å². The molecule has 0 unspecified atom stereocenters. The van der Waals surface area contributed by atoms with Crippen LogP contribution in [-0.4, -0.2) is 28.0 Å². The molecular weight excluding hydrogens is 489 g/mol. The van der Waals surface area contributed by atoms with Crippen LogP contribution in [0.15, 0.2) is 54.7 Å². The molecule has 1 fully saturated rings. The van der Waals surface area contributed by atoms with Crippen LogP contribution in [0.25, 0.3) is 21.8 Å². The molecule has 2 heterocycles. The number of carbonyl (C=O) groups excluding carboxylic acids is 1. The summed E-state index contributed by atoms with van der Waals surface area (Å²) in [5.41, 5.74) is 1.87. The van der Waals surface area contributed by atoms with Crippen LogP contribution in [0.1, 0.15) is 43.4 Å². The number of aryl methyl sites for hydroxylation is 1. The molecule has 5 rings (SSSR count). The molecule has 0 radical (unpaired) electrons. The molecule has 188 valence electrons. The minimum Gasteiger partial charge on any atom is -0.382 e. The third-order valence-electron chi connectivity index (χ3n) is 6.81. The summed E-state index contributed by atoms with van der Waals surface area (Å²) in [6, 6.07) is 13.8. The topological polar surface area (TPSA) is 69.8 Å². The van der Waals surface area contributed by atoms with Crippen molar-refractivity contribution in [3.63, 3.8) is 0 Å². The number of benzene rings is 2. The summed E-state index contributed by atoms with van der Waals surface area (Å²) in [5.74, 6) is 0.0151. The largest absolute Gasteiger partial charge is 0.433 e. The van der Waals surface area contributed by atoms with Gasteiger partial charge in [-0.25, -0.2) is 4.98 Å². The Hall–Kier alpha value is -3.26. The van der Waals surface area contributed by atoms with E-state index in [-0.39, 0.29) is 23.5 Å². The normalized spacial score (nSPS) is 18.4. The lowest BCUT2D eigenvalue weighted by Gasteiger charge is -2.30. The lowest BCUT2D eigenvalue weighted by molar-refractivity contribution is -0.140. The quantitative estimate of drug-likeness (QED) is 0.263. The van der Waals surface area contributed by atoms with E-state index in [0.717, 1.165) is 48.2 Å². The zero-order valence-electron chi connectivity index (χ0n) is 19.5. The number of halogens is 4. The van der Waals surface area contributed by atoms with Gasteiger partial charge in [0.25, 0.3) is 0 Å². The number of nitrogens with zero attached hydrogens (tertiary/aromatic N) is 1. The van der Waals surface area contributed by atoms with Crippen LogP contribution in [-0.2, 0) is 17.4 Å². The van der Waals surface area contributed by atoms with Gasteiger partial charge in [0.2, 0.25) is 5.91 Å². The van der Waals surface area contributed by atoms with Crippen molar-refractivity contribution in [2.24, 2.45) is 0 Å². The number of fused-ring (bicyclic) bond motifs is 2. The molecule has 36 heavy (non-hydrogen) atoms. The van der Waals surface area contributed by atoms with Crippen molar-refractivity contribution in [1.29, 1.82) is 0 Å². The van der Waals surface area contributed by atoms with Crippen molar-refractivity contribution < 1.29 is 18.0 Å². The van der Waals surface area contributed by atoms with Gasteiger partial charge in [-0.15, -0.1) is 0 Å². The number of alkyl halides is 3. The van der Waals surface area contributed by atoms with Gasteiger partial charge in [-0.05, 0) is 68.0 Å². The van der Waals surface area contributed by atoms with Gasteiger partial charge < -0.3 is 15.6 Å². The van der Waals surface area contributed by atoms with Crippen molar-refractivity contribution in [2.45, 2.75) is 56.8 Å². The Balaban J connectivity index is 1.18. The minimum absolute atomic E-state index is 0.00459. The number of aromatic amines is 1. The first-order chi connectivity index (χ1) is 17.3. The summed E-state index contributed by atoms with van der Waals surface area (Å²) in [6.07, 6.45) is 1.46. The summed E-state index contributed by atoms with van der Waals surface area (Å²) >= 11 is 6.10. The fourth-order valence-electron chi connectivity index (χ4n) is 4.95. The molecule has 1 aliphatic rings. The van der Waals surface area contributed by atoms with E-state index in [1.165, 1.54) is 12.1 Å². The van der Waals surface area contributed by atoms with Crippen LogP contribution in [0.3, 0.4) is 0 Å². The highest BCUT2D eigenvalue weighted by Crippen LogP contribution is 2.35. The Bertz CT molecular complexity index is 1390. The minimum atomic E-state index is -4.54. The summed E-state index contributed by atoms with van der Waals surface area (Å²) in [7, 11) is 0. The van der Waals surface area contributed by atoms with Crippen molar-refractivity contribution in [2.75, 3.05) is 5.32 Å². The first-order valence-corrected chi connectivity index (χ1v) is 12.4. The van der Waals surface area contributed by atoms with E-state index in [0.29, 0.717) is 28.9 Å². The van der Waals surface area contributed by atoms with Crippen molar-refractivity contribution in [1.82, 2.24) is 15.3 Å². The van der Waals surface area contributed by atoms with Crippen LogP contribution in [0.2, 0.25) is 5.02 Å². The van der Waals surface area contributed by atoms with Crippen molar-refractivity contribution >= 4 is 45.0 Å². The fourth-order valence-corrected chi connectivity index (χ4v) is 5.12. The second-order valence-corrected chi connectivity index (χ2v) is 9.77. The molecule has 0 spiro atoms. The second-order valence-electron chi connectivity index (χ2n) is 9.33. The highest BCUT2D eigenvalue weighted by atomic mass is 35.5. The summed E-state index contributed by atoms with van der Waals surface area (Å²) in [5, 5.41) is 8.54. The average molecular weight is 515 g/mol.